The summed E-state index contributed by atoms with van der Waals surface area (Å²) in [7, 11) is 0. The normalized spacial score (nSPS) is 10.7. The predicted molar refractivity (Wildman–Crippen MR) is 139 cm³/mol. The highest BCUT2D eigenvalue weighted by molar-refractivity contribution is 7.99. The monoisotopic (exact) mass is 577 g/mol. The van der Waals surface area contributed by atoms with Crippen molar-refractivity contribution in [2.24, 2.45) is 0 Å². The van der Waals surface area contributed by atoms with Crippen molar-refractivity contribution in [1.29, 1.82) is 0 Å². The lowest BCUT2D eigenvalue weighted by Crippen LogP contribution is -2.25. The summed E-state index contributed by atoms with van der Waals surface area (Å²) in [4.78, 5) is 24.9. The molecule has 0 fully saturated rings. The van der Waals surface area contributed by atoms with Crippen LogP contribution in [0.4, 0.5) is 5.69 Å². The van der Waals surface area contributed by atoms with Gasteiger partial charge < -0.3 is 15.2 Å². The number of benzene rings is 2. The topological polar surface area (TPSA) is 88.9 Å². The second kappa shape index (κ2) is 12.2. The summed E-state index contributed by atoms with van der Waals surface area (Å²) in [6, 6.07) is 7.56. The Hall–Kier alpha value is -1.94. The van der Waals surface area contributed by atoms with Crippen LogP contribution >= 0.6 is 69.8 Å². The second-order valence-electron chi connectivity index (χ2n) is 6.69. The van der Waals surface area contributed by atoms with Crippen molar-refractivity contribution in [1.82, 2.24) is 20.1 Å². The molecule has 0 aliphatic carbocycles. The van der Waals surface area contributed by atoms with Crippen molar-refractivity contribution >= 4 is 87.3 Å². The summed E-state index contributed by atoms with van der Waals surface area (Å²) in [6.45, 7) is 4.19. The Kier molecular flexibility index (Phi) is 9.53. The molecule has 0 atom stereocenters. The van der Waals surface area contributed by atoms with E-state index >= 15 is 0 Å². The Morgan fingerprint density at radius 3 is 2.32 bits per heavy atom. The standard InChI is InChI=1S/C21H16Cl5N5O2S/c1-2-5-31-17(9-27-20(33)13-4-3-11(22)6-14(13)24)29-30-21(31)34-10-18(32)28-19-15(25)7-12(23)8-16(19)26/h2-4,6-8H,1,5,9-10H2,(H,27,33)(H,28,32). The molecule has 34 heavy (non-hydrogen) atoms. The first-order valence-corrected chi connectivity index (χ1v) is 12.4. The number of rotatable bonds is 9. The van der Waals surface area contributed by atoms with Gasteiger partial charge >= 0.3 is 0 Å². The Bertz CT molecular complexity index is 1230. The number of carbonyl (C=O) groups is 2. The molecule has 0 aliphatic heterocycles. The number of nitrogens with zero attached hydrogens (tertiary/aromatic N) is 3. The summed E-state index contributed by atoms with van der Waals surface area (Å²) in [5.41, 5.74) is 0.557. The van der Waals surface area contributed by atoms with E-state index in [2.05, 4.69) is 27.4 Å². The molecule has 2 aromatic carbocycles. The molecule has 0 unspecified atom stereocenters. The van der Waals surface area contributed by atoms with Crippen LogP contribution in [0.15, 0.2) is 48.1 Å². The zero-order valence-electron chi connectivity index (χ0n) is 17.2. The maximum atomic E-state index is 12.5. The maximum absolute atomic E-state index is 12.5. The van der Waals surface area contributed by atoms with E-state index in [1.54, 1.807) is 16.7 Å². The van der Waals surface area contributed by atoms with Crippen LogP contribution in [-0.4, -0.2) is 32.3 Å². The van der Waals surface area contributed by atoms with E-state index in [9.17, 15) is 9.59 Å². The lowest BCUT2D eigenvalue weighted by Gasteiger charge is -2.11. The van der Waals surface area contributed by atoms with Gasteiger partial charge in [0, 0.05) is 16.6 Å². The highest BCUT2D eigenvalue weighted by Crippen LogP contribution is 2.34. The molecule has 2 amide bonds. The quantitative estimate of drug-likeness (QED) is 0.227. The van der Waals surface area contributed by atoms with E-state index in [0.717, 1.165) is 11.8 Å². The summed E-state index contributed by atoms with van der Waals surface area (Å²) < 4.78 is 1.73. The third kappa shape index (κ3) is 6.81. The smallest absolute Gasteiger partial charge is 0.253 e. The molecule has 0 radical (unpaired) electrons. The molecule has 0 aliphatic rings. The summed E-state index contributed by atoms with van der Waals surface area (Å²) >= 11 is 31.2. The van der Waals surface area contributed by atoms with E-state index in [1.165, 1.54) is 24.3 Å². The number of amides is 2. The molecule has 1 heterocycles. The van der Waals surface area contributed by atoms with Crippen LogP contribution in [0.1, 0.15) is 16.2 Å². The minimum absolute atomic E-state index is 0.0112. The molecular weight excluding hydrogens is 564 g/mol. The molecule has 2 N–H and O–H groups in total. The lowest BCUT2D eigenvalue weighted by molar-refractivity contribution is -0.113. The Morgan fingerprint density at radius 1 is 1.00 bits per heavy atom. The van der Waals surface area contributed by atoms with Crippen LogP contribution in [-0.2, 0) is 17.9 Å². The molecule has 0 bridgehead atoms. The fraction of sp³-hybridized carbons (Fsp3) is 0.143. The number of nitrogens with one attached hydrogen (secondary N) is 2. The third-order valence-corrected chi connectivity index (χ3v) is 6.62. The average Bonchev–Trinajstić information content (AvgIpc) is 3.15. The van der Waals surface area contributed by atoms with Crippen molar-refractivity contribution in [3.8, 4) is 0 Å². The summed E-state index contributed by atoms with van der Waals surface area (Å²) in [6.07, 6.45) is 1.65. The zero-order valence-corrected chi connectivity index (χ0v) is 21.8. The maximum Gasteiger partial charge on any atom is 0.253 e. The van der Waals surface area contributed by atoms with Crippen LogP contribution in [0.3, 0.4) is 0 Å². The number of carbonyl (C=O) groups excluding carboxylic acids is 2. The highest BCUT2D eigenvalue weighted by Gasteiger charge is 2.17. The Balaban J connectivity index is 1.65. The highest BCUT2D eigenvalue weighted by atomic mass is 35.5. The third-order valence-electron chi connectivity index (χ3n) is 4.29. The zero-order chi connectivity index (χ0) is 24.8. The van der Waals surface area contributed by atoms with Gasteiger partial charge in [0.05, 0.1) is 38.6 Å². The van der Waals surface area contributed by atoms with Gasteiger partial charge in [-0.05, 0) is 30.3 Å². The van der Waals surface area contributed by atoms with Gasteiger partial charge in [0.25, 0.3) is 5.91 Å². The van der Waals surface area contributed by atoms with Gasteiger partial charge in [-0.3, -0.25) is 9.59 Å². The summed E-state index contributed by atoms with van der Waals surface area (Å²) in [5.74, 6) is -0.251. The van der Waals surface area contributed by atoms with Gasteiger partial charge in [0.1, 0.15) is 0 Å². The number of thioether (sulfide) groups is 1. The second-order valence-corrected chi connectivity index (χ2v) is 9.72. The van der Waals surface area contributed by atoms with Crippen molar-refractivity contribution < 1.29 is 9.59 Å². The predicted octanol–water partition coefficient (Wildman–Crippen LogP) is 6.39. The number of hydrogen-bond donors (Lipinski definition) is 2. The first-order valence-electron chi connectivity index (χ1n) is 9.53. The molecule has 13 heteroatoms. The van der Waals surface area contributed by atoms with E-state index < -0.39 is 0 Å². The van der Waals surface area contributed by atoms with Gasteiger partial charge in [0.2, 0.25) is 5.91 Å². The molecule has 7 nitrogen and oxygen atoms in total. The van der Waals surface area contributed by atoms with E-state index in [-0.39, 0.29) is 50.4 Å². The van der Waals surface area contributed by atoms with Gasteiger partial charge in [-0.2, -0.15) is 0 Å². The Labute approximate surface area is 224 Å². The van der Waals surface area contributed by atoms with Crippen LogP contribution in [0.5, 0.6) is 0 Å². The molecule has 0 saturated carbocycles. The van der Waals surface area contributed by atoms with Crippen molar-refractivity contribution in [3.63, 3.8) is 0 Å². The van der Waals surface area contributed by atoms with Gasteiger partial charge in [-0.15, -0.1) is 16.8 Å². The van der Waals surface area contributed by atoms with Gasteiger partial charge in [0.15, 0.2) is 11.0 Å². The van der Waals surface area contributed by atoms with Crippen LogP contribution < -0.4 is 10.6 Å². The average molecular weight is 580 g/mol. The molecule has 3 rings (SSSR count). The molecule has 0 spiro atoms. The molecule has 178 valence electrons. The van der Waals surface area contributed by atoms with E-state index in [4.69, 9.17) is 58.0 Å². The molecular formula is C21H16Cl5N5O2S. The molecule has 0 saturated heterocycles. The van der Waals surface area contributed by atoms with Crippen molar-refractivity contribution in [3.05, 3.63) is 79.5 Å². The van der Waals surface area contributed by atoms with E-state index in [1.807, 2.05) is 0 Å². The first-order chi connectivity index (χ1) is 16.2. The van der Waals surface area contributed by atoms with Crippen LogP contribution in [0.2, 0.25) is 25.1 Å². The van der Waals surface area contributed by atoms with Gasteiger partial charge in [-0.25, -0.2) is 0 Å². The van der Waals surface area contributed by atoms with Crippen LogP contribution in [0, 0.1) is 0 Å². The summed E-state index contributed by atoms with van der Waals surface area (Å²) in [5, 5.41) is 15.6. The SMILES string of the molecule is C=CCn1c(CNC(=O)c2ccc(Cl)cc2Cl)nnc1SCC(=O)Nc1c(Cl)cc(Cl)cc1Cl. The van der Waals surface area contributed by atoms with Crippen LogP contribution in [0.25, 0.3) is 0 Å². The number of halogens is 5. The number of allylic oxidation sites excluding steroid dienone is 1. The lowest BCUT2D eigenvalue weighted by atomic mass is 10.2. The number of anilines is 1. The van der Waals surface area contributed by atoms with E-state index in [0.29, 0.717) is 27.6 Å². The molecule has 3 aromatic rings. The fourth-order valence-corrected chi connectivity index (χ4v) is 4.94. The minimum Gasteiger partial charge on any atom is -0.345 e. The largest absolute Gasteiger partial charge is 0.345 e. The number of hydrogen-bond acceptors (Lipinski definition) is 5. The molecule has 1 aromatic heterocycles. The van der Waals surface area contributed by atoms with Crippen molar-refractivity contribution in [2.75, 3.05) is 11.1 Å². The van der Waals surface area contributed by atoms with Crippen molar-refractivity contribution in [2.45, 2.75) is 18.2 Å². The number of aromatic nitrogens is 3. The fourth-order valence-electron chi connectivity index (χ4n) is 2.76. The minimum atomic E-state index is -0.389. The van der Waals surface area contributed by atoms with Gasteiger partial charge in [-0.1, -0.05) is 75.8 Å². The first kappa shape index (κ1) is 26.7. The Morgan fingerprint density at radius 2 is 1.68 bits per heavy atom.